The molecule has 0 radical (unpaired) electrons. The molecule has 4 nitrogen and oxygen atoms in total. The van der Waals surface area contributed by atoms with Crippen LogP contribution in [0.4, 0.5) is 17.1 Å². The third-order valence-electron chi connectivity index (χ3n) is 14.1. The molecular formula is C61H40N2O2S. The molecule has 1 unspecified atom stereocenters. The number of nitrogens with zero attached hydrogens (tertiary/aromatic N) is 2. The molecule has 0 spiro atoms. The normalized spacial score (nSPS) is 15.7. The van der Waals surface area contributed by atoms with E-state index in [1.54, 1.807) is 0 Å². The Morgan fingerprint density at radius 1 is 0.545 bits per heavy atom. The van der Waals surface area contributed by atoms with Gasteiger partial charge in [-0.15, -0.1) is 11.3 Å². The highest BCUT2D eigenvalue weighted by atomic mass is 32.1. The van der Waals surface area contributed by atoms with Gasteiger partial charge in [-0.2, -0.15) is 0 Å². The zero-order valence-corrected chi connectivity index (χ0v) is 36.9. The second-order valence-electron chi connectivity index (χ2n) is 17.8. The SMILES string of the molecule is CC12CC=CC(c3ccc(N(c4ccc(-c5cccc6c5oc5ccccc56)cc4)c4cccc5c4sc4c5ccc5c4c4ccccc4n5-c4ccccc4)cc3)=C1Oc1ccccc12. The van der Waals surface area contributed by atoms with Gasteiger partial charge in [0, 0.05) is 70.8 Å². The van der Waals surface area contributed by atoms with Crippen molar-refractivity contribution in [2.45, 2.75) is 18.8 Å². The van der Waals surface area contributed by atoms with Crippen LogP contribution in [0.15, 0.2) is 223 Å². The Morgan fingerprint density at radius 2 is 1.23 bits per heavy atom. The van der Waals surface area contributed by atoms with E-state index in [0.29, 0.717) is 0 Å². The van der Waals surface area contributed by atoms with Crippen molar-refractivity contribution in [3.05, 3.63) is 229 Å². The Kier molecular flexibility index (Phi) is 8.01. The molecule has 0 saturated carbocycles. The van der Waals surface area contributed by atoms with Crippen molar-refractivity contribution in [3.8, 4) is 22.6 Å². The Hall–Kier alpha value is -8.12. The minimum atomic E-state index is -0.199. The molecule has 0 bridgehead atoms. The van der Waals surface area contributed by atoms with Crippen LogP contribution in [0.2, 0.25) is 0 Å². The standard InChI is InChI=1S/C61H40N2O2S/c1-61-37-13-21-44(60(61)65-55-26-10-7-22-50(55)61)39-29-33-42(34-30-39)62(41-31-27-38(28-32-41)43-18-11-19-46-45-16-6-9-25-54(45)64-57(43)46)53-24-12-20-47-48-35-36-52-56(59(48)66-58(47)53)49-17-5-8-23-51(49)63(52)40-14-3-2-4-15-40/h2-36H,37H2,1H3. The maximum absolute atomic E-state index is 6.66. The number of rotatable bonds is 6. The summed E-state index contributed by atoms with van der Waals surface area (Å²) in [6.45, 7) is 2.31. The molecule has 5 heteroatoms. The summed E-state index contributed by atoms with van der Waals surface area (Å²) >= 11 is 1.89. The van der Waals surface area contributed by atoms with E-state index in [-0.39, 0.29) is 5.41 Å². The van der Waals surface area contributed by atoms with E-state index in [1.807, 2.05) is 23.5 Å². The van der Waals surface area contributed by atoms with Gasteiger partial charge in [-0.1, -0.05) is 146 Å². The first-order valence-electron chi connectivity index (χ1n) is 22.6. The fourth-order valence-corrected chi connectivity index (χ4v) is 12.3. The average Bonchev–Trinajstić information content (AvgIpc) is 4.13. The van der Waals surface area contributed by atoms with Crippen LogP contribution >= 0.6 is 11.3 Å². The third kappa shape index (κ3) is 5.38. The molecule has 1 aliphatic carbocycles. The summed E-state index contributed by atoms with van der Waals surface area (Å²) in [4.78, 5) is 2.43. The van der Waals surface area contributed by atoms with Crippen molar-refractivity contribution in [1.29, 1.82) is 0 Å². The van der Waals surface area contributed by atoms with Gasteiger partial charge in [0.1, 0.15) is 22.7 Å². The Bertz CT molecular complexity index is 4000. The molecule has 66 heavy (non-hydrogen) atoms. The predicted molar refractivity (Wildman–Crippen MR) is 276 cm³/mol. The highest BCUT2D eigenvalue weighted by Gasteiger charge is 2.43. The monoisotopic (exact) mass is 864 g/mol. The molecule has 2 aliphatic rings. The van der Waals surface area contributed by atoms with Crippen molar-refractivity contribution in [1.82, 2.24) is 4.57 Å². The van der Waals surface area contributed by atoms with E-state index >= 15 is 0 Å². The number of anilines is 3. The van der Waals surface area contributed by atoms with Gasteiger partial charge in [-0.3, -0.25) is 0 Å². The third-order valence-corrected chi connectivity index (χ3v) is 15.3. The van der Waals surface area contributed by atoms with E-state index in [1.165, 1.54) is 47.5 Å². The second kappa shape index (κ2) is 14.2. The number of allylic oxidation sites excluding steroid dienone is 4. The average molecular weight is 865 g/mol. The van der Waals surface area contributed by atoms with Gasteiger partial charge in [0.25, 0.3) is 0 Å². The van der Waals surface area contributed by atoms with E-state index in [0.717, 1.165) is 84.9 Å². The smallest absolute Gasteiger partial charge is 0.143 e. The Labute approximate surface area is 385 Å². The van der Waals surface area contributed by atoms with Gasteiger partial charge in [-0.25, -0.2) is 0 Å². The molecule has 0 amide bonds. The largest absolute Gasteiger partial charge is 0.460 e. The van der Waals surface area contributed by atoms with Crippen LogP contribution in [0.3, 0.4) is 0 Å². The lowest BCUT2D eigenvalue weighted by atomic mass is 9.74. The first kappa shape index (κ1) is 37.3. The summed E-state index contributed by atoms with van der Waals surface area (Å²) in [5, 5.41) is 7.32. The lowest BCUT2D eigenvalue weighted by Gasteiger charge is -2.29. The molecule has 3 aromatic heterocycles. The molecule has 0 saturated heterocycles. The Morgan fingerprint density at radius 3 is 2.08 bits per heavy atom. The molecule has 1 atom stereocenters. The summed E-state index contributed by atoms with van der Waals surface area (Å²) in [5.41, 5.74) is 14.2. The van der Waals surface area contributed by atoms with E-state index in [9.17, 15) is 0 Å². The number of benzene rings is 9. The van der Waals surface area contributed by atoms with Gasteiger partial charge in [0.15, 0.2) is 0 Å². The highest BCUT2D eigenvalue weighted by molar-refractivity contribution is 7.27. The maximum atomic E-state index is 6.66. The molecule has 12 aromatic rings. The summed E-state index contributed by atoms with van der Waals surface area (Å²) in [6, 6.07) is 72.3. The van der Waals surface area contributed by atoms with Crippen molar-refractivity contribution >= 4 is 97.9 Å². The quantitative estimate of drug-likeness (QED) is 0.167. The van der Waals surface area contributed by atoms with Crippen LogP contribution < -0.4 is 9.64 Å². The van der Waals surface area contributed by atoms with Crippen LogP contribution in [0.25, 0.3) is 86.3 Å². The van der Waals surface area contributed by atoms with Crippen LogP contribution in [-0.4, -0.2) is 4.57 Å². The molecule has 9 aromatic carbocycles. The van der Waals surface area contributed by atoms with Gasteiger partial charge in [0.2, 0.25) is 0 Å². The van der Waals surface area contributed by atoms with Crippen LogP contribution in [-0.2, 0) is 5.41 Å². The predicted octanol–water partition coefficient (Wildman–Crippen LogP) is 17.2. The van der Waals surface area contributed by atoms with Crippen molar-refractivity contribution < 1.29 is 9.15 Å². The minimum absolute atomic E-state index is 0.199. The van der Waals surface area contributed by atoms with Crippen LogP contribution in [0, 0.1) is 0 Å². The summed E-state index contributed by atoms with van der Waals surface area (Å²) in [5.74, 6) is 1.98. The molecule has 312 valence electrons. The lowest BCUT2D eigenvalue weighted by Crippen LogP contribution is -2.24. The molecule has 14 rings (SSSR count). The van der Waals surface area contributed by atoms with Crippen LogP contribution in [0.5, 0.6) is 5.75 Å². The van der Waals surface area contributed by atoms with E-state index < -0.39 is 0 Å². The number of ether oxygens (including phenoxy) is 1. The molecule has 0 N–H and O–H groups in total. The minimum Gasteiger partial charge on any atom is -0.460 e. The van der Waals surface area contributed by atoms with Crippen molar-refractivity contribution in [3.63, 3.8) is 0 Å². The fraction of sp³-hybridized carbons (Fsp3) is 0.0492. The second-order valence-corrected chi connectivity index (χ2v) is 18.8. The maximum Gasteiger partial charge on any atom is 0.143 e. The number of fused-ring (bicyclic) bond motifs is 13. The van der Waals surface area contributed by atoms with Crippen LogP contribution in [0.1, 0.15) is 24.5 Å². The van der Waals surface area contributed by atoms with E-state index in [2.05, 4.69) is 217 Å². The first-order valence-corrected chi connectivity index (χ1v) is 23.5. The number of thiophene rings is 1. The van der Waals surface area contributed by atoms with E-state index in [4.69, 9.17) is 9.15 Å². The van der Waals surface area contributed by atoms with Gasteiger partial charge in [0.05, 0.1) is 26.8 Å². The Balaban J connectivity index is 0.950. The molecule has 0 fully saturated rings. The summed E-state index contributed by atoms with van der Waals surface area (Å²) in [7, 11) is 0. The number of hydrogen-bond donors (Lipinski definition) is 0. The molecule has 1 aliphatic heterocycles. The number of para-hydroxylation sites is 5. The first-order chi connectivity index (χ1) is 32.6. The number of aromatic nitrogens is 1. The number of furan rings is 1. The van der Waals surface area contributed by atoms with Crippen molar-refractivity contribution in [2.75, 3.05) is 4.90 Å². The number of hydrogen-bond acceptors (Lipinski definition) is 4. The zero-order valence-electron chi connectivity index (χ0n) is 36.0. The van der Waals surface area contributed by atoms with Gasteiger partial charge >= 0.3 is 0 Å². The highest BCUT2D eigenvalue weighted by Crippen LogP contribution is 2.53. The summed E-state index contributed by atoms with van der Waals surface area (Å²) in [6.07, 6.45) is 5.45. The topological polar surface area (TPSA) is 30.5 Å². The lowest BCUT2D eigenvalue weighted by molar-refractivity contribution is 0.381. The molecule has 4 heterocycles. The van der Waals surface area contributed by atoms with Gasteiger partial charge < -0.3 is 18.6 Å². The van der Waals surface area contributed by atoms with Crippen molar-refractivity contribution in [2.24, 2.45) is 0 Å². The zero-order chi connectivity index (χ0) is 43.5. The van der Waals surface area contributed by atoms with Gasteiger partial charge in [-0.05, 0) is 91.2 Å². The summed E-state index contributed by atoms with van der Waals surface area (Å²) < 4.78 is 18.1. The molecular weight excluding hydrogens is 825 g/mol. The fourth-order valence-electron chi connectivity index (χ4n) is 10.9.